The fraction of sp³-hybridized carbons (Fsp3) is 0.0476. The van der Waals surface area contributed by atoms with Gasteiger partial charge in [-0.15, -0.1) is 0 Å². The van der Waals surface area contributed by atoms with Crippen LogP contribution in [0.2, 0.25) is 0 Å². The lowest BCUT2D eigenvalue weighted by atomic mass is 10.0. The van der Waals surface area contributed by atoms with Gasteiger partial charge in [0.25, 0.3) is 5.91 Å². The molecular formula is C21H15NO2S2. The number of nitrogens with zero attached hydrogens (tertiary/aromatic N) is 1. The van der Waals surface area contributed by atoms with E-state index in [2.05, 4.69) is 24.3 Å². The third-order valence-electron chi connectivity index (χ3n) is 4.08. The van der Waals surface area contributed by atoms with Crippen LogP contribution in [0.15, 0.2) is 82.3 Å². The minimum absolute atomic E-state index is 0.0801. The lowest BCUT2D eigenvalue weighted by molar-refractivity contribution is -0.122. The zero-order valence-corrected chi connectivity index (χ0v) is 15.4. The van der Waals surface area contributed by atoms with Crippen molar-refractivity contribution in [1.82, 2.24) is 4.90 Å². The molecule has 0 spiro atoms. The number of amides is 1. The predicted molar refractivity (Wildman–Crippen MR) is 109 cm³/mol. The predicted octanol–water partition coefficient (Wildman–Crippen LogP) is 5.35. The zero-order chi connectivity index (χ0) is 17.9. The Hall–Kier alpha value is -2.63. The van der Waals surface area contributed by atoms with E-state index in [1.807, 2.05) is 42.5 Å². The molecule has 0 aliphatic carbocycles. The maximum atomic E-state index is 12.6. The Morgan fingerprint density at radius 1 is 0.962 bits per heavy atom. The lowest BCUT2D eigenvalue weighted by Crippen LogP contribution is -2.27. The molecule has 0 unspecified atom stereocenters. The van der Waals surface area contributed by atoms with E-state index in [9.17, 15) is 4.79 Å². The summed E-state index contributed by atoms with van der Waals surface area (Å²) in [5, 5.41) is 0. The van der Waals surface area contributed by atoms with Crippen LogP contribution in [0.5, 0.6) is 0 Å². The first kappa shape index (κ1) is 16.8. The fourth-order valence-electron chi connectivity index (χ4n) is 2.75. The van der Waals surface area contributed by atoms with Crippen LogP contribution in [-0.2, 0) is 11.3 Å². The molecule has 0 saturated carbocycles. The van der Waals surface area contributed by atoms with Gasteiger partial charge in [-0.3, -0.25) is 9.69 Å². The highest BCUT2D eigenvalue weighted by Crippen LogP contribution is 2.34. The van der Waals surface area contributed by atoms with E-state index in [1.54, 1.807) is 17.2 Å². The summed E-state index contributed by atoms with van der Waals surface area (Å²) in [6, 6.07) is 22.0. The van der Waals surface area contributed by atoms with Crippen molar-refractivity contribution in [3.8, 4) is 11.1 Å². The van der Waals surface area contributed by atoms with E-state index in [1.165, 1.54) is 17.3 Å². The molecule has 1 fully saturated rings. The van der Waals surface area contributed by atoms with Crippen LogP contribution in [0.4, 0.5) is 0 Å². The first-order chi connectivity index (χ1) is 12.7. The summed E-state index contributed by atoms with van der Waals surface area (Å²) in [5.74, 6) is 0.637. The third-order valence-corrected chi connectivity index (χ3v) is 5.46. The van der Waals surface area contributed by atoms with Crippen molar-refractivity contribution in [2.75, 3.05) is 0 Å². The molecular weight excluding hydrogens is 362 g/mol. The van der Waals surface area contributed by atoms with Crippen LogP contribution < -0.4 is 0 Å². The van der Waals surface area contributed by atoms with Gasteiger partial charge in [0, 0.05) is 0 Å². The number of furan rings is 1. The Kier molecular flexibility index (Phi) is 4.73. The summed E-state index contributed by atoms with van der Waals surface area (Å²) in [5.41, 5.74) is 3.29. The molecule has 0 atom stereocenters. The summed E-state index contributed by atoms with van der Waals surface area (Å²) >= 11 is 6.68. The number of carbonyl (C=O) groups is 1. The number of thioether (sulfide) groups is 1. The normalized spacial score (nSPS) is 15.8. The topological polar surface area (TPSA) is 33.5 Å². The SMILES string of the molecule is O=C1/C(=C/c2ccc(-c3ccccc3)cc2)SC(=S)N1Cc1ccco1. The van der Waals surface area contributed by atoms with Crippen LogP contribution >= 0.6 is 24.0 Å². The molecule has 3 nitrogen and oxygen atoms in total. The van der Waals surface area contributed by atoms with Gasteiger partial charge in [-0.1, -0.05) is 78.6 Å². The first-order valence-electron chi connectivity index (χ1n) is 8.14. The van der Waals surface area contributed by atoms with Gasteiger partial charge >= 0.3 is 0 Å². The molecule has 1 aromatic heterocycles. The summed E-state index contributed by atoms with van der Waals surface area (Å²) in [4.78, 5) is 14.8. The lowest BCUT2D eigenvalue weighted by Gasteiger charge is -2.11. The van der Waals surface area contributed by atoms with Gasteiger partial charge in [0.1, 0.15) is 10.1 Å². The molecule has 1 aliphatic heterocycles. The summed E-state index contributed by atoms with van der Waals surface area (Å²) in [6.07, 6.45) is 3.48. The van der Waals surface area contributed by atoms with E-state index in [-0.39, 0.29) is 5.91 Å². The second-order valence-electron chi connectivity index (χ2n) is 5.84. The van der Waals surface area contributed by atoms with Crippen molar-refractivity contribution in [1.29, 1.82) is 0 Å². The standard InChI is InChI=1S/C21H15NO2S2/c23-20-19(26-21(25)22(20)14-18-7-4-12-24-18)13-15-8-10-17(11-9-15)16-5-2-1-3-6-16/h1-13H,14H2/b19-13-. The summed E-state index contributed by atoms with van der Waals surface area (Å²) < 4.78 is 5.87. The molecule has 26 heavy (non-hydrogen) atoms. The summed E-state index contributed by atoms with van der Waals surface area (Å²) in [7, 11) is 0. The Labute approximate surface area is 161 Å². The fourth-order valence-corrected chi connectivity index (χ4v) is 4.00. The van der Waals surface area contributed by atoms with Gasteiger partial charge in [0.15, 0.2) is 0 Å². The number of hydrogen-bond donors (Lipinski definition) is 0. The van der Waals surface area contributed by atoms with Crippen LogP contribution in [0.25, 0.3) is 17.2 Å². The van der Waals surface area contributed by atoms with Gasteiger partial charge in [-0.25, -0.2) is 0 Å². The number of carbonyl (C=O) groups excluding carboxylic acids is 1. The molecule has 1 amide bonds. The highest BCUT2D eigenvalue weighted by Gasteiger charge is 2.32. The minimum atomic E-state index is -0.0801. The molecule has 3 aromatic rings. The largest absolute Gasteiger partial charge is 0.467 e. The molecule has 0 N–H and O–H groups in total. The molecule has 128 valence electrons. The summed E-state index contributed by atoms with van der Waals surface area (Å²) in [6.45, 7) is 0.363. The van der Waals surface area contributed by atoms with Crippen LogP contribution in [-0.4, -0.2) is 15.1 Å². The monoisotopic (exact) mass is 377 g/mol. The molecule has 4 rings (SSSR count). The first-order valence-corrected chi connectivity index (χ1v) is 9.36. The number of rotatable bonds is 4. The Morgan fingerprint density at radius 2 is 1.69 bits per heavy atom. The van der Waals surface area contributed by atoms with E-state index in [0.29, 0.717) is 15.8 Å². The molecule has 0 bridgehead atoms. The highest BCUT2D eigenvalue weighted by atomic mass is 32.2. The molecule has 1 saturated heterocycles. The van der Waals surface area contributed by atoms with Crippen molar-refractivity contribution < 1.29 is 9.21 Å². The molecule has 2 heterocycles. The van der Waals surface area contributed by atoms with Crippen LogP contribution in [0, 0.1) is 0 Å². The smallest absolute Gasteiger partial charge is 0.266 e. The van der Waals surface area contributed by atoms with Crippen molar-refractivity contribution in [2.24, 2.45) is 0 Å². The van der Waals surface area contributed by atoms with E-state index < -0.39 is 0 Å². The Balaban J connectivity index is 1.53. The van der Waals surface area contributed by atoms with Crippen molar-refractivity contribution in [3.63, 3.8) is 0 Å². The molecule has 2 aromatic carbocycles. The van der Waals surface area contributed by atoms with Gasteiger partial charge < -0.3 is 4.42 Å². The maximum absolute atomic E-state index is 12.6. The average Bonchev–Trinajstić information content (AvgIpc) is 3.27. The van der Waals surface area contributed by atoms with E-state index >= 15 is 0 Å². The maximum Gasteiger partial charge on any atom is 0.266 e. The van der Waals surface area contributed by atoms with Gasteiger partial charge in [-0.2, -0.15) is 0 Å². The van der Waals surface area contributed by atoms with Gasteiger partial charge in [0.05, 0.1) is 17.7 Å². The van der Waals surface area contributed by atoms with Gasteiger partial charge in [-0.05, 0) is 34.9 Å². The highest BCUT2D eigenvalue weighted by molar-refractivity contribution is 8.26. The van der Waals surface area contributed by atoms with Gasteiger partial charge in [0.2, 0.25) is 0 Å². The van der Waals surface area contributed by atoms with Crippen molar-refractivity contribution >= 4 is 40.3 Å². The third kappa shape index (κ3) is 3.49. The van der Waals surface area contributed by atoms with Crippen LogP contribution in [0.1, 0.15) is 11.3 Å². The van der Waals surface area contributed by atoms with Crippen molar-refractivity contribution in [3.05, 3.63) is 89.2 Å². The van der Waals surface area contributed by atoms with E-state index in [0.717, 1.165) is 16.9 Å². The molecule has 5 heteroatoms. The quantitative estimate of drug-likeness (QED) is 0.453. The number of hydrogen-bond acceptors (Lipinski definition) is 4. The second kappa shape index (κ2) is 7.32. The van der Waals surface area contributed by atoms with E-state index in [4.69, 9.17) is 16.6 Å². The van der Waals surface area contributed by atoms with Crippen LogP contribution in [0.3, 0.4) is 0 Å². The average molecular weight is 377 g/mol. The molecule has 0 radical (unpaired) electrons. The zero-order valence-electron chi connectivity index (χ0n) is 13.8. The second-order valence-corrected chi connectivity index (χ2v) is 7.51. The number of thiocarbonyl (C=S) groups is 1. The Bertz CT molecular complexity index is 961. The molecule has 1 aliphatic rings. The Morgan fingerprint density at radius 3 is 2.38 bits per heavy atom. The number of benzene rings is 2. The minimum Gasteiger partial charge on any atom is -0.467 e. The van der Waals surface area contributed by atoms with Crippen molar-refractivity contribution in [2.45, 2.75) is 6.54 Å².